The van der Waals surface area contributed by atoms with Crippen molar-refractivity contribution in [1.29, 1.82) is 0 Å². The average molecular weight is 337 g/mol. The van der Waals surface area contributed by atoms with Crippen molar-refractivity contribution in [1.82, 2.24) is 4.98 Å². The van der Waals surface area contributed by atoms with E-state index in [2.05, 4.69) is 15.0 Å². The minimum atomic E-state index is -5.13. The van der Waals surface area contributed by atoms with Gasteiger partial charge in [-0.25, -0.2) is 9.78 Å². The quantitative estimate of drug-likeness (QED) is 0.398. The van der Waals surface area contributed by atoms with E-state index in [1.807, 2.05) is 0 Å². The van der Waals surface area contributed by atoms with Gasteiger partial charge in [-0.3, -0.25) is 14.9 Å². The predicted octanol–water partition coefficient (Wildman–Crippen LogP) is 0.998. The first kappa shape index (κ1) is 17.9. The number of carbonyl (C=O) groups is 2. The average Bonchev–Trinajstić information content (AvgIpc) is 2.42. The molecule has 4 N–H and O–H groups in total. The van der Waals surface area contributed by atoms with Crippen LogP contribution in [0.25, 0.3) is 0 Å². The van der Waals surface area contributed by atoms with Gasteiger partial charge < -0.3 is 21.1 Å². The molecular formula is C10H10F3N5O5. The molecule has 0 fully saturated rings. The van der Waals surface area contributed by atoms with Crippen LogP contribution in [-0.4, -0.2) is 41.2 Å². The molecule has 126 valence electrons. The fourth-order valence-electron chi connectivity index (χ4n) is 1.31. The Balaban J connectivity index is 2.88. The van der Waals surface area contributed by atoms with E-state index in [0.717, 1.165) is 12.1 Å². The molecule has 0 aliphatic rings. The number of nitrogens with one attached hydrogen (secondary N) is 2. The standard InChI is InChI=1S/C10H10F3N5O5/c11-10(12,13)8(19)17-6-2-1-5(18(21)22)7(16-6)15-3-4-23-9(14)20/h1-2H,3-4H2,(H2,14,20)(H2,15,16,17,19). The topological polar surface area (TPSA) is 149 Å². The number of nitrogens with zero attached hydrogens (tertiary/aromatic N) is 2. The number of hydrogen-bond acceptors (Lipinski definition) is 7. The number of rotatable bonds is 6. The van der Waals surface area contributed by atoms with Crippen molar-refractivity contribution in [2.24, 2.45) is 5.73 Å². The van der Waals surface area contributed by atoms with Gasteiger partial charge in [0, 0.05) is 6.07 Å². The Hall–Kier alpha value is -3.12. The molecule has 1 aromatic rings. The van der Waals surface area contributed by atoms with E-state index in [1.54, 1.807) is 0 Å². The molecule has 23 heavy (non-hydrogen) atoms. The third-order valence-electron chi connectivity index (χ3n) is 2.21. The molecule has 13 heteroatoms. The molecule has 1 heterocycles. The zero-order valence-corrected chi connectivity index (χ0v) is 11.2. The van der Waals surface area contributed by atoms with Gasteiger partial charge in [-0.05, 0) is 6.07 Å². The van der Waals surface area contributed by atoms with E-state index in [4.69, 9.17) is 5.73 Å². The highest BCUT2D eigenvalue weighted by atomic mass is 19.4. The second-order valence-corrected chi connectivity index (χ2v) is 3.87. The summed E-state index contributed by atoms with van der Waals surface area (Å²) in [7, 11) is 0. The van der Waals surface area contributed by atoms with E-state index in [1.165, 1.54) is 5.32 Å². The first-order valence-corrected chi connectivity index (χ1v) is 5.81. The number of ether oxygens (including phenoxy) is 1. The highest BCUT2D eigenvalue weighted by molar-refractivity contribution is 5.94. The summed E-state index contributed by atoms with van der Waals surface area (Å²) in [5.74, 6) is -3.24. The van der Waals surface area contributed by atoms with Gasteiger partial charge in [0.15, 0.2) is 0 Å². The number of nitro groups is 1. The van der Waals surface area contributed by atoms with Crippen molar-refractivity contribution in [2.75, 3.05) is 23.8 Å². The van der Waals surface area contributed by atoms with Crippen LogP contribution in [0.2, 0.25) is 0 Å². The minimum absolute atomic E-state index is 0.145. The number of primary amides is 1. The van der Waals surface area contributed by atoms with Crippen molar-refractivity contribution in [3.05, 3.63) is 22.2 Å². The molecule has 0 bridgehead atoms. The maximum Gasteiger partial charge on any atom is 0.471 e. The Bertz CT molecular complexity index is 621. The summed E-state index contributed by atoms with van der Waals surface area (Å²) in [6, 6.07) is 1.70. The van der Waals surface area contributed by atoms with Crippen LogP contribution in [0.3, 0.4) is 0 Å². The van der Waals surface area contributed by atoms with Crippen molar-refractivity contribution in [2.45, 2.75) is 6.18 Å². The fraction of sp³-hybridized carbons (Fsp3) is 0.300. The Morgan fingerprint density at radius 2 is 2.04 bits per heavy atom. The van der Waals surface area contributed by atoms with Crippen LogP contribution in [0.5, 0.6) is 0 Å². The number of nitrogens with two attached hydrogens (primary N) is 1. The monoisotopic (exact) mass is 337 g/mol. The van der Waals surface area contributed by atoms with Crippen molar-refractivity contribution < 1.29 is 32.4 Å². The number of carbonyl (C=O) groups excluding carboxylic acids is 2. The molecule has 0 saturated carbocycles. The summed E-state index contributed by atoms with van der Waals surface area (Å²) >= 11 is 0. The summed E-state index contributed by atoms with van der Waals surface area (Å²) in [6.07, 6.45) is -6.20. The molecule has 1 rings (SSSR count). The van der Waals surface area contributed by atoms with Gasteiger partial charge in [-0.1, -0.05) is 0 Å². The number of aromatic nitrogens is 1. The third-order valence-corrected chi connectivity index (χ3v) is 2.21. The highest BCUT2D eigenvalue weighted by Gasteiger charge is 2.39. The normalized spacial score (nSPS) is 10.7. The molecule has 0 radical (unpaired) electrons. The first-order valence-electron chi connectivity index (χ1n) is 5.81. The van der Waals surface area contributed by atoms with Crippen LogP contribution in [0.1, 0.15) is 0 Å². The summed E-state index contributed by atoms with van der Waals surface area (Å²) in [5.41, 5.74) is 4.16. The van der Waals surface area contributed by atoms with E-state index in [9.17, 15) is 32.9 Å². The van der Waals surface area contributed by atoms with Crippen molar-refractivity contribution in [3.63, 3.8) is 0 Å². The Labute approximate surface area is 126 Å². The van der Waals surface area contributed by atoms with Crippen LogP contribution >= 0.6 is 0 Å². The van der Waals surface area contributed by atoms with Gasteiger partial charge in [0.1, 0.15) is 12.4 Å². The summed E-state index contributed by atoms with van der Waals surface area (Å²) < 4.78 is 40.8. The lowest BCUT2D eigenvalue weighted by atomic mass is 10.3. The lowest BCUT2D eigenvalue weighted by molar-refractivity contribution is -0.384. The van der Waals surface area contributed by atoms with Gasteiger partial charge in [0.05, 0.1) is 11.5 Å². The lowest BCUT2D eigenvalue weighted by Crippen LogP contribution is -2.30. The minimum Gasteiger partial charge on any atom is -0.448 e. The van der Waals surface area contributed by atoms with Crippen LogP contribution in [0.15, 0.2) is 12.1 Å². The molecular weight excluding hydrogens is 327 g/mol. The van der Waals surface area contributed by atoms with E-state index in [0.29, 0.717) is 0 Å². The van der Waals surface area contributed by atoms with Crippen LogP contribution in [0, 0.1) is 10.1 Å². The van der Waals surface area contributed by atoms with Crippen LogP contribution in [0.4, 0.5) is 35.3 Å². The van der Waals surface area contributed by atoms with Gasteiger partial charge in [-0.2, -0.15) is 13.2 Å². The zero-order valence-electron chi connectivity index (χ0n) is 11.2. The number of pyridine rings is 1. The first-order chi connectivity index (χ1) is 10.6. The van der Waals surface area contributed by atoms with Gasteiger partial charge in [0.2, 0.25) is 5.82 Å². The molecule has 0 aromatic carbocycles. The van der Waals surface area contributed by atoms with E-state index in [-0.39, 0.29) is 13.2 Å². The van der Waals surface area contributed by atoms with Gasteiger partial charge in [0.25, 0.3) is 0 Å². The Morgan fingerprint density at radius 1 is 1.39 bits per heavy atom. The van der Waals surface area contributed by atoms with Crippen molar-refractivity contribution in [3.8, 4) is 0 Å². The second kappa shape index (κ2) is 7.24. The molecule has 1 aromatic heterocycles. The second-order valence-electron chi connectivity index (χ2n) is 3.87. The molecule has 0 saturated heterocycles. The SMILES string of the molecule is NC(=O)OCCNc1nc(NC(=O)C(F)(F)F)ccc1[N+](=O)[O-]. The summed E-state index contributed by atoms with van der Waals surface area (Å²) in [6.45, 7) is -0.402. The Morgan fingerprint density at radius 3 is 2.57 bits per heavy atom. The van der Waals surface area contributed by atoms with Crippen LogP contribution in [-0.2, 0) is 9.53 Å². The molecule has 2 amide bonds. The largest absolute Gasteiger partial charge is 0.471 e. The Kier molecular flexibility index (Phi) is 5.64. The maximum atomic E-state index is 12.1. The smallest absolute Gasteiger partial charge is 0.448 e. The number of anilines is 2. The van der Waals surface area contributed by atoms with Crippen LogP contribution < -0.4 is 16.4 Å². The number of alkyl halides is 3. The molecule has 0 spiro atoms. The number of hydrogen-bond donors (Lipinski definition) is 3. The summed E-state index contributed by atoms with van der Waals surface area (Å²) in [5, 5.41) is 14.6. The van der Waals surface area contributed by atoms with Gasteiger partial charge >= 0.3 is 23.9 Å². The fourth-order valence-corrected chi connectivity index (χ4v) is 1.31. The summed E-state index contributed by atoms with van der Waals surface area (Å²) in [4.78, 5) is 34.6. The third kappa shape index (κ3) is 5.64. The zero-order chi connectivity index (χ0) is 17.6. The molecule has 10 nitrogen and oxygen atoms in total. The molecule has 0 aliphatic carbocycles. The predicted molar refractivity (Wildman–Crippen MR) is 69.6 cm³/mol. The number of amides is 2. The molecule has 0 atom stereocenters. The molecule has 0 unspecified atom stereocenters. The van der Waals surface area contributed by atoms with Gasteiger partial charge in [-0.15, -0.1) is 0 Å². The van der Waals surface area contributed by atoms with E-state index >= 15 is 0 Å². The molecule has 0 aliphatic heterocycles. The maximum absolute atomic E-state index is 12.1. The lowest BCUT2D eigenvalue weighted by Gasteiger charge is -2.10. The number of halogens is 3. The van der Waals surface area contributed by atoms with E-state index < -0.39 is 40.4 Å². The van der Waals surface area contributed by atoms with Crippen molar-refractivity contribution >= 4 is 29.3 Å². The highest BCUT2D eigenvalue weighted by Crippen LogP contribution is 2.25.